The first kappa shape index (κ1) is 12.1. The Morgan fingerprint density at radius 1 is 1.25 bits per heavy atom. The van der Waals surface area contributed by atoms with E-state index in [0.29, 0.717) is 18.0 Å². The van der Waals surface area contributed by atoms with Crippen LogP contribution in [0.5, 0.6) is 0 Å². The maximum absolute atomic E-state index is 5.88. The second-order valence-electron chi connectivity index (χ2n) is 4.95. The zero-order chi connectivity index (χ0) is 11.7. The SMILES string of the molecule is CN(C)C(c1ccc(Br)cc1)C1CC(N)C1. The topological polar surface area (TPSA) is 29.3 Å². The van der Waals surface area contributed by atoms with E-state index in [0.717, 1.165) is 17.3 Å². The van der Waals surface area contributed by atoms with Crippen LogP contribution in [0.1, 0.15) is 24.4 Å². The van der Waals surface area contributed by atoms with Crippen molar-refractivity contribution < 1.29 is 0 Å². The lowest BCUT2D eigenvalue weighted by atomic mass is 9.73. The molecule has 0 spiro atoms. The van der Waals surface area contributed by atoms with Gasteiger partial charge in [-0.2, -0.15) is 0 Å². The van der Waals surface area contributed by atoms with Crippen molar-refractivity contribution >= 4 is 15.9 Å². The third kappa shape index (κ3) is 2.47. The number of nitrogens with zero attached hydrogens (tertiary/aromatic N) is 1. The highest BCUT2D eigenvalue weighted by molar-refractivity contribution is 9.10. The summed E-state index contributed by atoms with van der Waals surface area (Å²) in [5, 5.41) is 0. The summed E-state index contributed by atoms with van der Waals surface area (Å²) in [4.78, 5) is 2.31. The van der Waals surface area contributed by atoms with Gasteiger partial charge in [-0.3, -0.25) is 0 Å². The molecule has 16 heavy (non-hydrogen) atoms. The van der Waals surface area contributed by atoms with Crippen molar-refractivity contribution in [1.29, 1.82) is 0 Å². The first-order valence-corrected chi connectivity index (χ1v) is 6.54. The summed E-state index contributed by atoms with van der Waals surface area (Å²) in [7, 11) is 4.30. The van der Waals surface area contributed by atoms with Crippen molar-refractivity contribution in [3.05, 3.63) is 34.3 Å². The summed E-state index contributed by atoms with van der Waals surface area (Å²) < 4.78 is 1.14. The third-order valence-electron chi connectivity index (χ3n) is 3.43. The van der Waals surface area contributed by atoms with Crippen LogP contribution in [0.3, 0.4) is 0 Å². The Morgan fingerprint density at radius 3 is 2.25 bits per heavy atom. The van der Waals surface area contributed by atoms with Crippen LogP contribution in [0.15, 0.2) is 28.7 Å². The van der Waals surface area contributed by atoms with Gasteiger partial charge in [0.15, 0.2) is 0 Å². The highest BCUT2D eigenvalue weighted by atomic mass is 79.9. The lowest BCUT2D eigenvalue weighted by molar-refractivity contribution is 0.123. The van der Waals surface area contributed by atoms with Crippen molar-refractivity contribution in [1.82, 2.24) is 4.90 Å². The number of hydrogen-bond donors (Lipinski definition) is 1. The van der Waals surface area contributed by atoms with Gasteiger partial charge in [-0.25, -0.2) is 0 Å². The van der Waals surface area contributed by atoms with E-state index in [4.69, 9.17) is 5.73 Å². The van der Waals surface area contributed by atoms with Gasteiger partial charge in [0.2, 0.25) is 0 Å². The van der Waals surface area contributed by atoms with E-state index in [-0.39, 0.29) is 0 Å². The molecular formula is C13H19BrN2. The normalized spacial score (nSPS) is 26.6. The molecule has 3 heteroatoms. The zero-order valence-corrected chi connectivity index (χ0v) is 11.4. The van der Waals surface area contributed by atoms with Crippen molar-refractivity contribution in [3.63, 3.8) is 0 Å². The Labute approximate surface area is 106 Å². The Balaban J connectivity index is 2.16. The summed E-state index contributed by atoms with van der Waals surface area (Å²) in [5.41, 5.74) is 7.28. The molecule has 0 aliphatic heterocycles. The van der Waals surface area contributed by atoms with E-state index < -0.39 is 0 Å². The minimum atomic E-state index is 0.419. The van der Waals surface area contributed by atoms with Crippen LogP contribution >= 0.6 is 15.9 Å². The predicted octanol–water partition coefficient (Wildman–Crippen LogP) is 2.79. The molecule has 1 fully saturated rings. The Hall–Kier alpha value is -0.380. The van der Waals surface area contributed by atoms with E-state index in [1.54, 1.807) is 0 Å². The van der Waals surface area contributed by atoms with Crippen LogP contribution in [0.25, 0.3) is 0 Å². The Bertz CT molecular complexity index is 341. The molecule has 2 N–H and O–H groups in total. The van der Waals surface area contributed by atoms with Crippen LogP contribution in [0, 0.1) is 5.92 Å². The minimum absolute atomic E-state index is 0.419. The smallest absolute Gasteiger partial charge is 0.0371 e. The molecule has 0 aromatic heterocycles. The summed E-state index contributed by atoms with van der Waals surface area (Å²) >= 11 is 3.48. The monoisotopic (exact) mass is 282 g/mol. The maximum atomic E-state index is 5.88. The van der Waals surface area contributed by atoms with Gasteiger partial charge in [-0.1, -0.05) is 28.1 Å². The minimum Gasteiger partial charge on any atom is -0.328 e. The first-order valence-electron chi connectivity index (χ1n) is 5.75. The molecule has 2 rings (SSSR count). The van der Waals surface area contributed by atoms with Crippen molar-refractivity contribution in [2.75, 3.05) is 14.1 Å². The maximum Gasteiger partial charge on any atom is 0.0371 e. The number of rotatable bonds is 3. The average Bonchev–Trinajstić information content (AvgIpc) is 2.18. The zero-order valence-electron chi connectivity index (χ0n) is 9.86. The second-order valence-corrected chi connectivity index (χ2v) is 5.87. The molecule has 1 aromatic rings. The van der Waals surface area contributed by atoms with Gasteiger partial charge in [0, 0.05) is 16.6 Å². The molecule has 0 saturated heterocycles. The molecule has 2 nitrogen and oxygen atoms in total. The van der Waals surface area contributed by atoms with Crippen molar-refractivity contribution in [2.45, 2.75) is 24.9 Å². The molecule has 0 amide bonds. The van der Waals surface area contributed by atoms with Gasteiger partial charge in [0.1, 0.15) is 0 Å². The van der Waals surface area contributed by atoms with Gasteiger partial charge in [0.25, 0.3) is 0 Å². The molecule has 1 atom stereocenters. The highest BCUT2D eigenvalue weighted by Gasteiger charge is 2.34. The molecule has 1 aliphatic rings. The lowest BCUT2D eigenvalue weighted by Crippen LogP contribution is -2.43. The lowest BCUT2D eigenvalue weighted by Gasteiger charge is -2.41. The van der Waals surface area contributed by atoms with E-state index in [1.165, 1.54) is 5.56 Å². The molecule has 0 radical (unpaired) electrons. The summed E-state index contributed by atoms with van der Waals surface area (Å²) in [6, 6.07) is 9.57. The number of benzene rings is 1. The quantitative estimate of drug-likeness (QED) is 0.924. The van der Waals surface area contributed by atoms with Crippen LogP contribution in [0.4, 0.5) is 0 Å². The molecule has 1 aromatic carbocycles. The van der Waals surface area contributed by atoms with Gasteiger partial charge in [-0.15, -0.1) is 0 Å². The van der Waals surface area contributed by atoms with Crippen molar-refractivity contribution in [2.24, 2.45) is 11.7 Å². The van der Waals surface area contributed by atoms with E-state index >= 15 is 0 Å². The van der Waals surface area contributed by atoms with Gasteiger partial charge < -0.3 is 10.6 Å². The van der Waals surface area contributed by atoms with E-state index in [9.17, 15) is 0 Å². The number of nitrogens with two attached hydrogens (primary N) is 1. The molecule has 0 bridgehead atoms. The fourth-order valence-corrected chi connectivity index (χ4v) is 2.88. The molecule has 1 saturated carbocycles. The van der Waals surface area contributed by atoms with Crippen molar-refractivity contribution in [3.8, 4) is 0 Å². The standard InChI is InChI=1S/C13H19BrN2/c1-16(2)13(10-7-12(15)8-10)9-3-5-11(14)6-4-9/h3-6,10,12-13H,7-8,15H2,1-2H3. The molecule has 1 unspecified atom stereocenters. The molecule has 88 valence electrons. The number of hydrogen-bond acceptors (Lipinski definition) is 2. The molecule has 0 heterocycles. The fraction of sp³-hybridized carbons (Fsp3) is 0.538. The predicted molar refractivity (Wildman–Crippen MR) is 71.3 cm³/mol. The average molecular weight is 283 g/mol. The molecule has 1 aliphatic carbocycles. The van der Waals surface area contributed by atoms with E-state index in [1.807, 2.05) is 0 Å². The van der Waals surface area contributed by atoms with Crippen LogP contribution in [-0.4, -0.2) is 25.0 Å². The number of halogens is 1. The van der Waals surface area contributed by atoms with Crippen LogP contribution in [-0.2, 0) is 0 Å². The summed E-state index contributed by atoms with van der Waals surface area (Å²) in [6.45, 7) is 0. The second kappa shape index (κ2) is 4.86. The summed E-state index contributed by atoms with van der Waals surface area (Å²) in [6.07, 6.45) is 2.30. The Morgan fingerprint density at radius 2 is 1.81 bits per heavy atom. The molecular weight excluding hydrogens is 264 g/mol. The van der Waals surface area contributed by atoms with Crippen LogP contribution < -0.4 is 5.73 Å². The summed E-state index contributed by atoms with van der Waals surface area (Å²) in [5.74, 6) is 0.714. The fourth-order valence-electron chi connectivity index (χ4n) is 2.62. The van der Waals surface area contributed by atoms with Gasteiger partial charge in [0.05, 0.1) is 0 Å². The highest BCUT2D eigenvalue weighted by Crippen LogP contribution is 2.39. The largest absolute Gasteiger partial charge is 0.328 e. The van der Waals surface area contributed by atoms with Crippen LogP contribution in [0.2, 0.25) is 0 Å². The Kier molecular flexibility index (Phi) is 3.67. The first-order chi connectivity index (χ1) is 7.58. The van der Waals surface area contributed by atoms with Gasteiger partial charge >= 0.3 is 0 Å². The third-order valence-corrected chi connectivity index (χ3v) is 3.95. The van der Waals surface area contributed by atoms with Gasteiger partial charge in [-0.05, 0) is 50.6 Å². The van der Waals surface area contributed by atoms with E-state index in [2.05, 4.69) is 59.2 Å².